The number of rotatable bonds is 3. The van der Waals surface area contributed by atoms with Crippen LogP contribution in [-0.2, 0) is 6.54 Å². The zero-order valence-corrected chi connectivity index (χ0v) is 28.2. The Morgan fingerprint density at radius 3 is 1.51 bits per heavy atom. The molecule has 0 spiro atoms. The Kier molecular flexibility index (Phi) is 5.97. The number of benzene rings is 9. The van der Waals surface area contributed by atoms with Gasteiger partial charge in [-0.1, -0.05) is 146 Å². The molecule has 11 rings (SSSR count). The van der Waals surface area contributed by atoms with Crippen LogP contribution in [-0.4, -0.2) is 9.55 Å². The fourth-order valence-corrected chi connectivity index (χ4v) is 8.98. The smallest absolute Gasteiger partial charge is 0.142 e. The highest BCUT2D eigenvalue weighted by molar-refractivity contribution is 6.33. The number of aryl methyl sites for hydroxylation is 1. The molecule has 11 aromatic rings. The topological polar surface area (TPSA) is 17.8 Å². The van der Waals surface area contributed by atoms with E-state index in [0.717, 1.165) is 17.9 Å². The summed E-state index contributed by atoms with van der Waals surface area (Å²) in [7, 11) is 0. The van der Waals surface area contributed by atoms with Crippen LogP contribution in [0.5, 0.6) is 0 Å². The average molecular weight is 649 g/mol. The molecule has 10 aromatic carbocycles. The first-order valence-corrected chi connectivity index (χ1v) is 17.9. The molecule has 0 atom stereocenters. The molecule has 0 aliphatic rings. The van der Waals surface area contributed by atoms with Gasteiger partial charge in [0.15, 0.2) is 0 Å². The van der Waals surface area contributed by atoms with Crippen LogP contribution in [0, 0.1) is 0 Å². The third kappa shape index (κ3) is 3.96. The molecule has 0 amide bonds. The molecule has 1 aromatic heterocycles. The van der Waals surface area contributed by atoms with Crippen molar-refractivity contribution in [3.63, 3.8) is 0 Å². The normalized spacial score (nSPS) is 12.1. The Labute approximate surface area is 294 Å². The summed E-state index contributed by atoms with van der Waals surface area (Å²) >= 11 is 0. The second-order valence-electron chi connectivity index (χ2n) is 13.7. The standard InChI is InChI=1S/C49H32N2/c1-2-51-44-24-10-9-23-43(44)50-49(51)48-40-19-7-5-17-38(40)45(39-18-6-8-20-41(39)48)32-27-28-35-37-22-12-14-31-26-25-30-13-11-21-36(46(30)47(31)37)33-15-3-4-16-34(33)42(35)29-32/h3-29H,2H2,1H3. The van der Waals surface area contributed by atoms with Crippen molar-refractivity contribution in [1.29, 1.82) is 0 Å². The van der Waals surface area contributed by atoms with Crippen LogP contribution >= 0.6 is 0 Å². The molecule has 2 heteroatoms. The highest BCUT2D eigenvalue weighted by Crippen LogP contribution is 2.46. The van der Waals surface area contributed by atoms with Crippen molar-refractivity contribution in [3.8, 4) is 22.5 Å². The zero-order chi connectivity index (χ0) is 33.6. The van der Waals surface area contributed by atoms with Crippen molar-refractivity contribution in [2.45, 2.75) is 13.5 Å². The van der Waals surface area contributed by atoms with Crippen LogP contribution in [0.4, 0.5) is 0 Å². The summed E-state index contributed by atoms with van der Waals surface area (Å²) in [6.07, 6.45) is 0. The lowest BCUT2D eigenvalue weighted by atomic mass is 9.86. The molecule has 2 nitrogen and oxygen atoms in total. The number of aromatic nitrogens is 2. The van der Waals surface area contributed by atoms with Crippen molar-refractivity contribution in [3.05, 3.63) is 164 Å². The highest BCUT2D eigenvalue weighted by atomic mass is 15.1. The van der Waals surface area contributed by atoms with Crippen LogP contribution in [0.3, 0.4) is 0 Å². The Bertz CT molecular complexity index is 3180. The summed E-state index contributed by atoms with van der Waals surface area (Å²) < 4.78 is 2.37. The minimum Gasteiger partial charge on any atom is -0.324 e. The predicted octanol–water partition coefficient (Wildman–Crippen LogP) is 13.5. The Morgan fingerprint density at radius 2 is 0.902 bits per heavy atom. The van der Waals surface area contributed by atoms with E-state index in [0.29, 0.717) is 0 Å². The second kappa shape index (κ2) is 10.7. The summed E-state index contributed by atoms with van der Waals surface area (Å²) in [6, 6.07) is 60.5. The Hall–Kier alpha value is -6.51. The molecular formula is C49H32N2. The first-order valence-electron chi connectivity index (χ1n) is 17.9. The van der Waals surface area contributed by atoms with Crippen molar-refractivity contribution in [2.24, 2.45) is 0 Å². The number of hydrogen-bond acceptors (Lipinski definition) is 1. The molecule has 0 unspecified atom stereocenters. The molecule has 0 N–H and O–H groups in total. The second-order valence-corrected chi connectivity index (χ2v) is 13.7. The summed E-state index contributed by atoms with van der Waals surface area (Å²) in [6.45, 7) is 3.06. The van der Waals surface area contributed by atoms with Crippen LogP contribution in [0.2, 0.25) is 0 Å². The molecule has 1 heterocycles. The maximum Gasteiger partial charge on any atom is 0.142 e. The van der Waals surface area contributed by atoms with Crippen molar-refractivity contribution < 1.29 is 0 Å². The van der Waals surface area contributed by atoms with Gasteiger partial charge in [-0.15, -0.1) is 0 Å². The van der Waals surface area contributed by atoms with Gasteiger partial charge in [-0.2, -0.15) is 0 Å². The van der Waals surface area contributed by atoms with Gasteiger partial charge in [0.1, 0.15) is 5.82 Å². The van der Waals surface area contributed by atoms with E-state index < -0.39 is 0 Å². The van der Waals surface area contributed by atoms with E-state index in [1.165, 1.54) is 97.6 Å². The third-order valence-electron chi connectivity index (χ3n) is 11.1. The van der Waals surface area contributed by atoms with Crippen LogP contribution in [0.15, 0.2) is 164 Å². The van der Waals surface area contributed by atoms with Gasteiger partial charge in [0, 0.05) is 12.1 Å². The molecule has 51 heavy (non-hydrogen) atoms. The van der Waals surface area contributed by atoms with Crippen LogP contribution < -0.4 is 0 Å². The van der Waals surface area contributed by atoms with Gasteiger partial charge in [-0.3, -0.25) is 0 Å². The number of hydrogen-bond donors (Lipinski definition) is 0. The molecule has 238 valence electrons. The van der Waals surface area contributed by atoms with Crippen LogP contribution in [0.25, 0.3) is 109 Å². The SMILES string of the molecule is CCn1c(-c2c3ccccc3c(-c3ccc4c(c3)c3ccccc3c3cccc5ccc6cccc4c6c53)c3ccccc23)nc2ccccc21. The summed E-state index contributed by atoms with van der Waals surface area (Å²) in [5, 5.41) is 17.7. The van der Waals surface area contributed by atoms with E-state index in [9.17, 15) is 0 Å². The molecule has 0 saturated heterocycles. The molecule has 0 radical (unpaired) electrons. The van der Waals surface area contributed by atoms with E-state index in [1.54, 1.807) is 0 Å². The molecule has 0 bridgehead atoms. The fraction of sp³-hybridized carbons (Fsp3) is 0.0408. The van der Waals surface area contributed by atoms with E-state index >= 15 is 0 Å². The maximum atomic E-state index is 5.27. The number of fused-ring (bicyclic) bond motifs is 8. The van der Waals surface area contributed by atoms with Gasteiger partial charge in [-0.25, -0.2) is 4.98 Å². The van der Waals surface area contributed by atoms with Gasteiger partial charge >= 0.3 is 0 Å². The Morgan fingerprint density at radius 1 is 0.412 bits per heavy atom. The highest BCUT2D eigenvalue weighted by Gasteiger charge is 2.21. The van der Waals surface area contributed by atoms with Crippen LogP contribution in [0.1, 0.15) is 6.92 Å². The van der Waals surface area contributed by atoms with E-state index in [1.807, 2.05) is 0 Å². The molecule has 0 saturated carbocycles. The first kappa shape index (κ1) is 28.3. The number of imidazole rings is 1. The van der Waals surface area contributed by atoms with Gasteiger partial charge in [0.2, 0.25) is 0 Å². The zero-order valence-electron chi connectivity index (χ0n) is 28.2. The molecule has 0 aliphatic heterocycles. The van der Waals surface area contributed by atoms with Crippen molar-refractivity contribution >= 4 is 86.4 Å². The maximum absolute atomic E-state index is 5.27. The lowest BCUT2D eigenvalue weighted by Gasteiger charge is -2.19. The number of nitrogens with zero attached hydrogens (tertiary/aromatic N) is 2. The van der Waals surface area contributed by atoms with Gasteiger partial charge in [-0.05, 0) is 112 Å². The molecule has 0 fully saturated rings. The summed E-state index contributed by atoms with van der Waals surface area (Å²) in [5.74, 6) is 1.02. The number of para-hydroxylation sites is 2. The lowest BCUT2D eigenvalue weighted by Crippen LogP contribution is -1.99. The quantitative estimate of drug-likeness (QED) is 0.138. The van der Waals surface area contributed by atoms with Gasteiger partial charge in [0.05, 0.1) is 11.0 Å². The van der Waals surface area contributed by atoms with E-state index in [4.69, 9.17) is 4.98 Å². The minimum atomic E-state index is 0.841. The predicted molar refractivity (Wildman–Crippen MR) is 219 cm³/mol. The first-order chi connectivity index (χ1) is 25.3. The average Bonchev–Trinajstić information content (AvgIpc) is 3.56. The van der Waals surface area contributed by atoms with Gasteiger partial charge < -0.3 is 4.57 Å². The van der Waals surface area contributed by atoms with E-state index in [2.05, 4.69) is 175 Å². The molecular weight excluding hydrogens is 617 g/mol. The monoisotopic (exact) mass is 648 g/mol. The molecule has 0 aliphatic carbocycles. The van der Waals surface area contributed by atoms with Crippen molar-refractivity contribution in [1.82, 2.24) is 9.55 Å². The minimum absolute atomic E-state index is 0.841. The summed E-state index contributed by atoms with van der Waals surface area (Å²) in [4.78, 5) is 5.27. The third-order valence-corrected chi connectivity index (χ3v) is 11.1. The van der Waals surface area contributed by atoms with Crippen molar-refractivity contribution in [2.75, 3.05) is 0 Å². The van der Waals surface area contributed by atoms with E-state index in [-0.39, 0.29) is 0 Å². The summed E-state index contributed by atoms with van der Waals surface area (Å²) in [5.41, 5.74) is 5.85. The largest absolute Gasteiger partial charge is 0.324 e. The lowest BCUT2D eigenvalue weighted by molar-refractivity contribution is 0.798. The fourth-order valence-electron chi connectivity index (χ4n) is 8.98. The van der Waals surface area contributed by atoms with Gasteiger partial charge in [0.25, 0.3) is 0 Å². The Balaban J connectivity index is 1.31.